The van der Waals surface area contributed by atoms with E-state index in [1.54, 1.807) is 31.2 Å². The summed E-state index contributed by atoms with van der Waals surface area (Å²) >= 11 is 6.39. The van der Waals surface area contributed by atoms with E-state index >= 15 is 0 Å². The summed E-state index contributed by atoms with van der Waals surface area (Å²) in [5.74, 6) is 1.31. The van der Waals surface area contributed by atoms with E-state index in [2.05, 4.69) is 29.9 Å². The quantitative estimate of drug-likeness (QED) is 0.266. The lowest BCUT2D eigenvalue weighted by Gasteiger charge is -2.03. The van der Waals surface area contributed by atoms with Gasteiger partial charge in [-0.1, -0.05) is 11.6 Å². The Morgan fingerprint density at radius 3 is 2.42 bits per heavy atom. The Morgan fingerprint density at radius 1 is 0.939 bits per heavy atom. The lowest BCUT2D eigenvalue weighted by Crippen LogP contribution is -2.10. The number of aromatic amines is 3. The smallest absolute Gasteiger partial charge is 0.248 e. The first-order chi connectivity index (χ1) is 15.9. The molecule has 10 heteroatoms. The predicted molar refractivity (Wildman–Crippen MR) is 126 cm³/mol. The number of halogens is 1. The largest absolute Gasteiger partial charge is 0.505 e. The molecule has 0 aliphatic carbocycles. The number of rotatable bonds is 3. The van der Waals surface area contributed by atoms with E-state index in [-0.39, 0.29) is 5.75 Å². The molecule has 9 nitrogen and oxygen atoms in total. The van der Waals surface area contributed by atoms with Crippen LogP contribution >= 0.6 is 11.6 Å². The third kappa shape index (κ3) is 3.01. The van der Waals surface area contributed by atoms with Gasteiger partial charge in [0.05, 0.1) is 32.7 Å². The van der Waals surface area contributed by atoms with Gasteiger partial charge in [-0.15, -0.1) is 0 Å². The number of hydrogen-bond acceptors (Lipinski definition) is 5. The van der Waals surface area contributed by atoms with Crippen LogP contribution in [0.25, 0.3) is 55.9 Å². The third-order valence-corrected chi connectivity index (χ3v) is 5.88. The van der Waals surface area contributed by atoms with Crippen LogP contribution in [0.3, 0.4) is 0 Å². The number of benzene rings is 3. The number of fused-ring (bicyclic) bond motifs is 3. The van der Waals surface area contributed by atoms with Crippen LogP contribution in [0.2, 0.25) is 5.02 Å². The maximum absolute atomic E-state index is 11.5. The first-order valence-corrected chi connectivity index (χ1v) is 10.4. The Morgan fingerprint density at radius 2 is 1.64 bits per heavy atom. The molecule has 3 heterocycles. The van der Waals surface area contributed by atoms with Gasteiger partial charge in [-0.05, 0) is 49.4 Å². The topological polar surface area (TPSA) is 149 Å². The van der Waals surface area contributed by atoms with Gasteiger partial charge in [-0.3, -0.25) is 4.79 Å². The van der Waals surface area contributed by atoms with E-state index in [1.165, 1.54) is 0 Å². The van der Waals surface area contributed by atoms with E-state index in [9.17, 15) is 9.90 Å². The number of H-pyrrole nitrogens is 3. The van der Waals surface area contributed by atoms with Gasteiger partial charge in [0, 0.05) is 11.1 Å². The van der Waals surface area contributed by atoms with Gasteiger partial charge in [0.25, 0.3) is 0 Å². The van der Waals surface area contributed by atoms with E-state index in [4.69, 9.17) is 17.3 Å². The summed E-state index contributed by atoms with van der Waals surface area (Å²) in [7, 11) is 0. The summed E-state index contributed by atoms with van der Waals surface area (Å²) in [5.41, 5.74) is 11.0. The number of nitrogens with zero attached hydrogens (tertiary/aromatic N) is 3. The molecule has 0 aliphatic rings. The minimum Gasteiger partial charge on any atom is -0.505 e. The maximum Gasteiger partial charge on any atom is 0.248 e. The summed E-state index contributed by atoms with van der Waals surface area (Å²) in [5, 5.41) is 11.2. The lowest BCUT2D eigenvalue weighted by molar-refractivity contribution is 0.100. The van der Waals surface area contributed by atoms with Crippen molar-refractivity contribution < 1.29 is 9.90 Å². The molecular formula is C23H16ClN7O2. The number of phenols is 1. The molecule has 0 saturated carbocycles. The van der Waals surface area contributed by atoms with E-state index in [1.807, 2.05) is 18.2 Å². The fourth-order valence-electron chi connectivity index (χ4n) is 4.00. The van der Waals surface area contributed by atoms with Crippen molar-refractivity contribution in [2.75, 3.05) is 0 Å². The average Bonchev–Trinajstić information content (AvgIpc) is 3.50. The minimum atomic E-state index is -0.494. The van der Waals surface area contributed by atoms with Gasteiger partial charge in [0.2, 0.25) is 5.91 Å². The first-order valence-electron chi connectivity index (χ1n) is 10.1. The number of nitrogens with two attached hydrogens (primary N) is 1. The SMILES string of the molecule is Cc1nc2c(Cl)cc(-c3nc4ccc(-c5nc6ccc(C(N)=O)cc6[nH]5)cc4[nH]3)c(O)c2[nH]1. The molecule has 0 aliphatic heterocycles. The van der Waals surface area contributed by atoms with Crippen molar-refractivity contribution >= 4 is 50.6 Å². The highest BCUT2D eigenvalue weighted by Gasteiger charge is 2.18. The van der Waals surface area contributed by atoms with Crippen molar-refractivity contribution in [3.05, 3.63) is 58.9 Å². The van der Waals surface area contributed by atoms with Crippen LogP contribution in [0.1, 0.15) is 16.2 Å². The van der Waals surface area contributed by atoms with Gasteiger partial charge in [-0.25, -0.2) is 15.0 Å². The van der Waals surface area contributed by atoms with Gasteiger partial charge < -0.3 is 25.8 Å². The normalized spacial score (nSPS) is 11.7. The zero-order valence-electron chi connectivity index (χ0n) is 17.2. The van der Waals surface area contributed by atoms with Gasteiger partial charge in [0.15, 0.2) is 5.75 Å². The molecule has 0 unspecified atom stereocenters. The second kappa shape index (κ2) is 6.81. The number of amides is 1. The Bertz CT molecular complexity index is 1740. The molecule has 0 fully saturated rings. The number of primary amides is 1. The van der Waals surface area contributed by atoms with Crippen molar-refractivity contribution in [1.29, 1.82) is 0 Å². The highest BCUT2D eigenvalue weighted by atomic mass is 35.5. The highest BCUT2D eigenvalue weighted by Crippen LogP contribution is 2.38. The minimum absolute atomic E-state index is 0.0248. The van der Waals surface area contributed by atoms with Gasteiger partial charge in [0.1, 0.15) is 28.5 Å². The third-order valence-electron chi connectivity index (χ3n) is 5.59. The number of phenolic OH excluding ortho intramolecular Hbond substituents is 1. The van der Waals surface area contributed by atoms with E-state index in [0.717, 1.165) is 27.6 Å². The highest BCUT2D eigenvalue weighted by molar-refractivity contribution is 6.35. The number of hydrogen-bond donors (Lipinski definition) is 5. The van der Waals surface area contributed by atoms with Crippen LogP contribution < -0.4 is 5.73 Å². The summed E-state index contributed by atoms with van der Waals surface area (Å²) in [6, 6.07) is 12.4. The molecule has 0 saturated heterocycles. The average molecular weight is 458 g/mol. The molecule has 0 spiro atoms. The number of aryl methyl sites for hydroxylation is 1. The van der Waals surface area contributed by atoms with E-state index in [0.29, 0.717) is 44.7 Å². The molecule has 0 radical (unpaired) electrons. The molecule has 0 bridgehead atoms. The van der Waals surface area contributed by atoms with Crippen molar-refractivity contribution in [1.82, 2.24) is 29.9 Å². The Kier molecular flexibility index (Phi) is 3.99. The van der Waals surface area contributed by atoms with Crippen molar-refractivity contribution in [2.45, 2.75) is 6.92 Å². The number of imidazole rings is 3. The fourth-order valence-corrected chi connectivity index (χ4v) is 4.24. The van der Waals surface area contributed by atoms with Crippen LogP contribution in [-0.2, 0) is 0 Å². The second-order valence-corrected chi connectivity index (χ2v) is 8.21. The number of nitrogens with one attached hydrogen (secondary N) is 3. The standard InChI is InChI=1S/C23H16ClN7O2/c1-9-26-18-13(24)8-12(20(32)19(18)27-9)23-29-15-5-3-11(7-17(15)31-23)22-28-14-4-2-10(21(25)33)6-16(14)30-22/h2-8,32H,1H3,(H2,25,33)(H,26,27)(H,28,30)(H,29,31). The molecule has 6 aromatic rings. The molecular weight excluding hydrogens is 442 g/mol. The Hall–Kier alpha value is -4.37. The number of aromatic nitrogens is 6. The molecule has 1 amide bonds. The van der Waals surface area contributed by atoms with Crippen LogP contribution in [0, 0.1) is 6.92 Å². The molecule has 6 N–H and O–H groups in total. The molecule has 6 rings (SSSR count). The van der Waals surface area contributed by atoms with Gasteiger partial charge >= 0.3 is 0 Å². The van der Waals surface area contributed by atoms with Crippen molar-refractivity contribution in [3.63, 3.8) is 0 Å². The molecule has 3 aromatic carbocycles. The monoisotopic (exact) mass is 457 g/mol. The number of carbonyl (C=O) groups excluding carboxylic acids is 1. The van der Waals surface area contributed by atoms with Crippen LogP contribution in [0.15, 0.2) is 42.5 Å². The van der Waals surface area contributed by atoms with Crippen LogP contribution in [-0.4, -0.2) is 40.9 Å². The van der Waals surface area contributed by atoms with Crippen LogP contribution in [0.5, 0.6) is 5.75 Å². The molecule has 33 heavy (non-hydrogen) atoms. The maximum atomic E-state index is 11.5. The van der Waals surface area contributed by atoms with Crippen LogP contribution in [0.4, 0.5) is 0 Å². The number of carbonyl (C=O) groups is 1. The summed E-state index contributed by atoms with van der Waals surface area (Å²) in [4.78, 5) is 34.5. The summed E-state index contributed by atoms with van der Waals surface area (Å²) in [6.07, 6.45) is 0. The fraction of sp³-hybridized carbons (Fsp3) is 0.0435. The predicted octanol–water partition coefficient (Wildman–Crippen LogP) is 4.42. The summed E-state index contributed by atoms with van der Waals surface area (Å²) < 4.78 is 0. The molecule has 0 atom stereocenters. The lowest BCUT2D eigenvalue weighted by atomic mass is 10.1. The molecule has 3 aromatic heterocycles. The number of aromatic hydroxyl groups is 1. The molecule has 162 valence electrons. The Balaban J connectivity index is 1.45. The first kappa shape index (κ1) is 19.3. The zero-order chi connectivity index (χ0) is 22.9. The Labute approximate surface area is 190 Å². The van der Waals surface area contributed by atoms with Gasteiger partial charge in [-0.2, -0.15) is 0 Å². The van der Waals surface area contributed by atoms with Crippen molar-refractivity contribution in [3.8, 4) is 28.5 Å². The zero-order valence-corrected chi connectivity index (χ0v) is 17.9. The van der Waals surface area contributed by atoms with Crippen molar-refractivity contribution in [2.24, 2.45) is 5.73 Å². The van der Waals surface area contributed by atoms with E-state index < -0.39 is 5.91 Å². The summed E-state index contributed by atoms with van der Waals surface area (Å²) in [6.45, 7) is 1.80. The second-order valence-electron chi connectivity index (χ2n) is 7.80.